The number of alkyl halides is 2. The fraction of sp³-hybridized carbons (Fsp3) is 0.294. The van der Waals surface area contributed by atoms with E-state index < -0.39 is 25.1 Å². The first-order valence-corrected chi connectivity index (χ1v) is 9.53. The minimum Gasteiger partial charge on any atom is -0.451 e. The molecule has 0 fully saturated rings. The molecule has 28 heavy (non-hydrogen) atoms. The number of thioether (sulfide) groups is 1. The highest BCUT2D eigenvalue weighted by atomic mass is 35.5. The molecule has 0 spiro atoms. The SMILES string of the molecule is CSc1ncc(Cl)c(C(=O)OCC(=O)NCCc2ccc(OC(F)F)cc2)n1. The summed E-state index contributed by atoms with van der Waals surface area (Å²) < 4.78 is 33.3. The van der Waals surface area contributed by atoms with Gasteiger partial charge >= 0.3 is 12.6 Å². The Kier molecular flexibility index (Phi) is 8.40. The zero-order valence-corrected chi connectivity index (χ0v) is 16.2. The lowest BCUT2D eigenvalue weighted by atomic mass is 10.1. The van der Waals surface area contributed by atoms with Crippen LogP contribution in [-0.2, 0) is 16.0 Å². The van der Waals surface area contributed by atoms with E-state index in [0.717, 1.165) is 5.56 Å². The number of rotatable bonds is 9. The molecule has 150 valence electrons. The molecule has 0 unspecified atom stereocenters. The number of carbonyl (C=O) groups excluding carboxylic acids is 2. The predicted octanol–water partition coefficient (Wildman–Crippen LogP) is 2.97. The Balaban J connectivity index is 1.75. The zero-order chi connectivity index (χ0) is 20.5. The van der Waals surface area contributed by atoms with Crippen LogP contribution in [-0.4, -0.2) is 47.9 Å². The number of hydrogen-bond donors (Lipinski definition) is 1. The first kappa shape index (κ1) is 21.8. The number of halogens is 3. The first-order valence-electron chi connectivity index (χ1n) is 7.93. The van der Waals surface area contributed by atoms with Gasteiger partial charge in [0.05, 0.1) is 11.2 Å². The quantitative estimate of drug-likeness (QED) is 0.371. The number of nitrogens with one attached hydrogen (secondary N) is 1. The number of ether oxygens (including phenoxy) is 2. The largest absolute Gasteiger partial charge is 0.451 e. The molecule has 0 aliphatic heterocycles. The van der Waals surface area contributed by atoms with E-state index in [-0.39, 0.29) is 23.0 Å². The highest BCUT2D eigenvalue weighted by Crippen LogP contribution is 2.17. The van der Waals surface area contributed by atoms with Gasteiger partial charge in [-0.3, -0.25) is 4.79 Å². The predicted molar refractivity (Wildman–Crippen MR) is 98.9 cm³/mol. The van der Waals surface area contributed by atoms with Crippen molar-refractivity contribution < 1.29 is 27.8 Å². The molecule has 1 N–H and O–H groups in total. The molecule has 0 saturated heterocycles. The molecule has 1 amide bonds. The van der Waals surface area contributed by atoms with Crippen molar-refractivity contribution in [3.8, 4) is 5.75 Å². The normalized spacial score (nSPS) is 10.6. The summed E-state index contributed by atoms with van der Waals surface area (Å²) in [5.41, 5.74) is 0.705. The maximum Gasteiger partial charge on any atom is 0.387 e. The van der Waals surface area contributed by atoms with Crippen LogP contribution in [0.5, 0.6) is 5.75 Å². The summed E-state index contributed by atoms with van der Waals surface area (Å²) in [5, 5.41) is 2.97. The number of benzene rings is 1. The van der Waals surface area contributed by atoms with Gasteiger partial charge in [-0.1, -0.05) is 35.5 Å². The van der Waals surface area contributed by atoms with Gasteiger partial charge in [-0.25, -0.2) is 14.8 Å². The van der Waals surface area contributed by atoms with Crippen molar-refractivity contribution in [2.24, 2.45) is 0 Å². The van der Waals surface area contributed by atoms with Crippen LogP contribution >= 0.6 is 23.4 Å². The van der Waals surface area contributed by atoms with E-state index in [2.05, 4.69) is 20.0 Å². The summed E-state index contributed by atoms with van der Waals surface area (Å²) in [4.78, 5) is 31.6. The molecule has 0 radical (unpaired) electrons. The number of nitrogens with zero attached hydrogens (tertiary/aromatic N) is 2. The van der Waals surface area contributed by atoms with E-state index in [1.54, 1.807) is 18.4 Å². The van der Waals surface area contributed by atoms with Crippen molar-refractivity contribution in [2.45, 2.75) is 18.2 Å². The Hall–Kier alpha value is -2.46. The first-order chi connectivity index (χ1) is 13.4. The van der Waals surface area contributed by atoms with Gasteiger partial charge in [-0.2, -0.15) is 8.78 Å². The van der Waals surface area contributed by atoms with Gasteiger partial charge in [-0.05, 0) is 30.4 Å². The van der Waals surface area contributed by atoms with E-state index in [1.807, 2.05) is 0 Å². The van der Waals surface area contributed by atoms with Crippen LogP contribution in [0.1, 0.15) is 16.1 Å². The van der Waals surface area contributed by atoms with Crippen LogP contribution in [0.15, 0.2) is 35.6 Å². The lowest BCUT2D eigenvalue weighted by Crippen LogP contribution is -2.30. The van der Waals surface area contributed by atoms with E-state index in [9.17, 15) is 18.4 Å². The average molecular weight is 432 g/mol. The van der Waals surface area contributed by atoms with Crippen molar-refractivity contribution in [1.29, 1.82) is 0 Å². The van der Waals surface area contributed by atoms with Crippen LogP contribution in [0.3, 0.4) is 0 Å². The van der Waals surface area contributed by atoms with Gasteiger partial charge in [0, 0.05) is 6.54 Å². The molecule has 0 aliphatic carbocycles. The van der Waals surface area contributed by atoms with E-state index in [4.69, 9.17) is 16.3 Å². The van der Waals surface area contributed by atoms with Crippen LogP contribution < -0.4 is 10.1 Å². The van der Waals surface area contributed by atoms with Crippen molar-refractivity contribution in [2.75, 3.05) is 19.4 Å². The fourth-order valence-electron chi connectivity index (χ4n) is 2.03. The molecule has 0 saturated carbocycles. The van der Waals surface area contributed by atoms with Gasteiger partial charge in [0.25, 0.3) is 5.91 Å². The van der Waals surface area contributed by atoms with Gasteiger partial charge in [0.15, 0.2) is 17.5 Å². The molecule has 11 heteroatoms. The molecule has 2 rings (SSSR count). The molecular weight excluding hydrogens is 416 g/mol. The molecule has 7 nitrogen and oxygen atoms in total. The summed E-state index contributed by atoms with van der Waals surface area (Å²) >= 11 is 7.10. The van der Waals surface area contributed by atoms with Gasteiger partial charge in [0.2, 0.25) is 0 Å². The summed E-state index contributed by atoms with van der Waals surface area (Å²) in [6, 6.07) is 6.06. The molecular formula is C17H16ClF2N3O4S. The molecule has 2 aromatic rings. The van der Waals surface area contributed by atoms with Gasteiger partial charge in [0.1, 0.15) is 5.75 Å². The lowest BCUT2D eigenvalue weighted by molar-refractivity contribution is -0.124. The Morgan fingerprint density at radius 2 is 2.00 bits per heavy atom. The molecule has 0 atom stereocenters. The minimum absolute atomic E-state index is 0.0301. The van der Waals surface area contributed by atoms with E-state index >= 15 is 0 Å². The Morgan fingerprint density at radius 1 is 1.29 bits per heavy atom. The van der Waals surface area contributed by atoms with Crippen molar-refractivity contribution in [3.05, 3.63) is 46.7 Å². The van der Waals surface area contributed by atoms with E-state index in [1.165, 1.54) is 30.1 Å². The third-order valence-corrected chi connectivity index (χ3v) is 4.16. The third-order valence-electron chi connectivity index (χ3n) is 3.32. The number of esters is 1. The maximum atomic E-state index is 12.1. The number of aromatic nitrogens is 2. The lowest BCUT2D eigenvalue weighted by Gasteiger charge is -2.08. The van der Waals surface area contributed by atoms with Crippen molar-refractivity contribution in [3.63, 3.8) is 0 Å². The second-order valence-corrected chi connectivity index (χ2v) is 6.43. The Morgan fingerprint density at radius 3 is 2.64 bits per heavy atom. The minimum atomic E-state index is -2.88. The Bertz CT molecular complexity index is 825. The van der Waals surface area contributed by atoms with Crippen molar-refractivity contribution in [1.82, 2.24) is 15.3 Å². The number of carbonyl (C=O) groups is 2. The standard InChI is InChI=1S/C17H16ClF2N3O4S/c1-28-17-22-8-12(18)14(23-17)15(25)26-9-13(24)21-7-6-10-2-4-11(5-3-10)27-16(19)20/h2-5,8,16H,6-7,9H2,1H3,(H,21,24). The molecule has 0 aliphatic rings. The smallest absolute Gasteiger partial charge is 0.387 e. The van der Waals surface area contributed by atoms with E-state index in [0.29, 0.717) is 11.6 Å². The van der Waals surface area contributed by atoms with Crippen molar-refractivity contribution >= 4 is 35.2 Å². The summed E-state index contributed by atoms with van der Waals surface area (Å²) in [7, 11) is 0. The molecule has 0 bridgehead atoms. The van der Waals surface area contributed by atoms with Gasteiger partial charge in [-0.15, -0.1) is 0 Å². The highest BCUT2D eigenvalue weighted by molar-refractivity contribution is 7.98. The maximum absolute atomic E-state index is 12.1. The molecule has 1 aromatic carbocycles. The Labute approximate surface area is 168 Å². The summed E-state index contributed by atoms with van der Waals surface area (Å²) in [5.74, 6) is -1.27. The van der Waals surface area contributed by atoms with Crippen LogP contribution in [0.2, 0.25) is 5.02 Å². The molecule has 1 heterocycles. The zero-order valence-electron chi connectivity index (χ0n) is 14.7. The average Bonchev–Trinajstić information content (AvgIpc) is 2.67. The number of amides is 1. The topological polar surface area (TPSA) is 90.4 Å². The second kappa shape index (κ2) is 10.8. The number of hydrogen-bond acceptors (Lipinski definition) is 7. The summed E-state index contributed by atoms with van der Waals surface area (Å²) in [6.45, 7) is -3.09. The van der Waals surface area contributed by atoms with Crippen LogP contribution in [0.25, 0.3) is 0 Å². The molecule has 1 aromatic heterocycles. The fourth-order valence-corrected chi connectivity index (χ4v) is 2.54. The monoisotopic (exact) mass is 431 g/mol. The van der Waals surface area contributed by atoms with Crippen LogP contribution in [0.4, 0.5) is 8.78 Å². The van der Waals surface area contributed by atoms with Crippen LogP contribution in [0, 0.1) is 0 Å². The highest BCUT2D eigenvalue weighted by Gasteiger charge is 2.17. The summed E-state index contributed by atoms with van der Waals surface area (Å²) in [6.07, 6.45) is 3.49. The second-order valence-electron chi connectivity index (χ2n) is 5.25. The van der Waals surface area contributed by atoms with Gasteiger partial charge < -0.3 is 14.8 Å². The third kappa shape index (κ3) is 6.93.